The minimum absolute atomic E-state index is 0.183. The van der Waals surface area contributed by atoms with Crippen LogP contribution in [0.2, 0.25) is 5.02 Å². The first kappa shape index (κ1) is 15.5. The van der Waals surface area contributed by atoms with E-state index in [9.17, 15) is 0 Å². The molecule has 4 heteroatoms. The van der Waals surface area contributed by atoms with Gasteiger partial charge in [0.15, 0.2) is 0 Å². The molecular weight excluding hydrogens is 336 g/mol. The van der Waals surface area contributed by atoms with Crippen LogP contribution in [0, 0.1) is 0 Å². The Labute approximate surface area is 133 Å². The maximum absolute atomic E-state index is 6.26. The van der Waals surface area contributed by atoms with Gasteiger partial charge in [-0.2, -0.15) is 0 Å². The lowest BCUT2D eigenvalue weighted by atomic mass is 10.0. The highest BCUT2D eigenvalue weighted by Gasteiger charge is 2.14. The summed E-state index contributed by atoms with van der Waals surface area (Å²) in [6.07, 6.45) is 3.77. The number of rotatable bonds is 6. The SMILES string of the molecule is CCCNC(Cc1ccccc1Cl)c1ccc(Br)cn1. The normalized spacial score (nSPS) is 12.3. The van der Waals surface area contributed by atoms with Crippen molar-refractivity contribution in [1.82, 2.24) is 10.3 Å². The van der Waals surface area contributed by atoms with Gasteiger partial charge in [-0.3, -0.25) is 4.98 Å². The summed E-state index contributed by atoms with van der Waals surface area (Å²) in [7, 11) is 0. The van der Waals surface area contributed by atoms with E-state index in [4.69, 9.17) is 11.6 Å². The molecule has 1 atom stereocenters. The number of halogens is 2. The summed E-state index contributed by atoms with van der Waals surface area (Å²) in [5.74, 6) is 0. The van der Waals surface area contributed by atoms with Crippen LogP contribution in [0.4, 0.5) is 0 Å². The lowest BCUT2D eigenvalue weighted by Gasteiger charge is -2.19. The summed E-state index contributed by atoms with van der Waals surface area (Å²) in [5.41, 5.74) is 2.19. The lowest BCUT2D eigenvalue weighted by molar-refractivity contribution is 0.518. The molecule has 1 heterocycles. The second-order valence-electron chi connectivity index (χ2n) is 4.70. The smallest absolute Gasteiger partial charge is 0.0577 e. The van der Waals surface area contributed by atoms with Crippen molar-refractivity contribution < 1.29 is 0 Å². The van der Waals surface area contributed by atoms with Crippen molar-refractivity contribution in [3.8, 4) is 0 Å². The van der Waals surface area contributed by atoms with Crippen LogP contribution in [0.5, 0.6) is 0 Å². The fourth-order valence-electron chi connectivity index (χ4n) is 2.08. The molecule has 0 spiro atoms. The molecule has 1 unspecified atom stereocenters. The largest absolute Gasteiger partial charge is 0.308 e. The Morgan fingerprint density at radius 3 is 2.70 bits per heavy atom. The van der Waals surface area contributed by atoms with Gasteiger partial charge in [0.25, 0.3) is 0 Å². The lowest BCUT2D eigenvalue weighted by Crippen LogP contribution is -2.25. The molecule has 0 aliphatic carbocycles. The third kappa shape index (κ3) is 4.30. The van der Waals surface area contributed by atoms with Crippen molar-refractivity contribution in [3.05, 3.63) is 63.3 Å². The monoisotopic (exact) mass is 352 g/mol. The van der Waals surface area contributed by atoms with Crippen LogP contribution in [0.25, 0.3) is 0 Å². The van der Waals surface area contributed by atoms with Crippen molar-refractivity contribution in [2.24, 2.45) is 0 Å². The molecule has 0 aliphatic heterocycles. The third-order valence-corrected chi connectivity index (χ3v) is 3.97. The number of hydrogen-bond acceptors (Lipinski definition) is 2. The minimum Gasteiger partial charge on any atom is -0.308 e. The number of pyridine rings is 1. The Bertz CT molecular complexity index is 542. The zero-order valence-electron chi connectivity index (χ0n) is 11.4. The quantitative estimate of drug-likeness (QED) is 0.808. The third-order valence-electron chi connectivity index (χ3n) is 3.13. The van der Waals surface area contributed by atoms with Crippen molar-refractivity contribution in [2.75, 3.05) is 6.54 Å². The van der Waals surface area contributed by atoms with Crippen LogP contribution >= 0.6 is 27.5 Å². The van der Waals surface area contributed by atoms with Gasteiger partial charge in [-0.1, -0.05) is 36.7 Å². The number of hydrogen-bond donors (Lipinski definition) is 1. The molecule has 2 nitrogen and oxygen atoms in total. The fraction of sp³-hybridized carbons (Fsp3) is 0.312. The van der Waals surface area contributed by atoms with Gasteiger partial charge >= 0.3 is 0 Å². The average Bonchev–Trinajstić information content (AvgIpc) is 2.46. The van der Waals surface area contributed by atoms with E-state index >= 15 is 0 Å². The zero-order chi connectivity index (χ0) is 14.4. The summed E-state index contributed by atoms with van der Waals surface area (Å²) in [6.45, 7) is 3.13. The van der Waals surface area contributed by atoms with Gasteiger partial charge in [-0.25, -0.2) is 0 Å². The van der Waals surface area contributed by atoms with Crippen LogP contribution in [-0.4, -0.2) is 11.5 Å². The van der Waals surface area contributed by atoms with Gasteiger partial charge in [0, 0.05) is 15.7 Å². The topological polar surface area (TPSA) is 24.9 Å². The minimum atomic E-state index is 0.183. The van der Waals surface area contributed by atoms with E-state index in [2.05, 4.69) is 39.2 Å². The molecule has 1 N–H and O–H groups in total. The molecule has 1 aromatic carbocycles. The molecule has 0 saturated heterocycles. The van der Waals surface area contributed by atoms with Gasteiger partial charge in [0.05, 0.1) is 11.7 Å². The van der Waals surface area contributed by atoms with E-state index in [0.717, 1.165) is 40.1 Å². The zero-order valence-corrected chi connectivity index (χ0v) is 13.8. The molecule has 0 aliphatic rings. The average molecular weight is 354 g/mol. The van der Waals surface area contributed by atoms with Gasteiger partial charge in [0.1, 0.15) is 0 Å². The molecule has 20 heavy (non-hydrogen) atoms. The van der Waals surface area contributed by atoms with Gasteiger partial charge in [-0.05, 0) is 59.1 Å². The first-order valence-corrected chi connectivity index (χ1v) is 7.96. The standard InChI is InChI=1S/C16H18BrClN2/c1-2-9-19-16(15-8-7-13(17)11-20-15)10-12-5-3-4-6-14(12)18/h3-8,11,16,19H,2,9-10H2,1H3. The predicted molar refractivity (Wildman–Crippen MR) is 88.1 cm³/mol. The second-order valence-corrected chi connectivity index (χ2v) is 6.03. The summed E-state index contributed by atoms with van der Waals surface area (Å²) >= 11 is 9.68. The van der Waals surface area contributed by atoms with E-state index in [0.29, 0.717) is 0 Å². The van der Waals surface area contributed by atoms with Gasteiger partial charge in [-0.15, -0.1) is 0 Å². The van der Waals surface area contributed by atoms with E-state index < -0.39 is 0 Å². The number of aromatic nitrogens is 1. The van der Waals surface area contributed by atoms with Crippen LogP contribution < -0.4 is 5.32 Å². The number of benzene rings is 1. The van der Waals surface area contributed by atoms with Crippen molar-refractivity contribution >= 4 is 27.5 Å². The van der Waals surface area contributed by atoms with Crippen LogP contribution in [-0.2, 0) is 6.42 Å². The van der Waals surface area contributed by atoms with Crippen molar-refractivity contribution in [3.63, 3.8) is 0 Å². The Morgan fingerprint density at radius 1 is 1.25 bits per heavy atom. The Hall–Kier alpha value is -0.900. The second kappa shape index (κ2) is 7.77. The summed E-state index contributed by atoms with van der Waals surface area (Å²) in [5, 5.41) is 4.36. The van der Waals surface area contributed by atoms with Crippen LogP contribution in [0.1, 0.15) is 30.6 Å². The molecule has 0 bridgehead atoms. The maximum Gasteiger partial charge on any atom is 0.0577 e. The summed E-state index contributed by atoms with van der Waals surface area (Å²) < 4.78 is 0.994. The highest BCUT2D eigenvalue weighted by Crippen LogP contribution is 2.23. The molecule has 2 aromatic rings. The number of nitrogens with one attached hydrogen (secondary N) is 1. The molecule has 0 saturated carbocycles. The first-order chi connectivity index (χ1) is 9.70. The molecule has 0 amide bonds. The van der Waals surface area contributed by atoms with Crippen LogP contribution in [0.3, 0.4) is 0 Å². The molecule has 1 aromatic heterocycles. The molecule has 106 valence electrons. The highest BCUT2D eigenvalue weighted by molar-refractivity contribution is 9.10. The van der Waals surface area contributed by atoms with Crippen molar-refractivity contribution in [2.45, 2.75) is 25.8 Å². The molecule has 0 radical (unpaired) electrons. The predicted octanol–water partition coefficient (Wildman–Crippen LogP) is 4.78. The maximum atomic E-state index is 6.26. The Balaban J connectivity index is 2.19. The van der Waals surface area contributed by atoms with E-state index in [1.54, 1.807) is 0 Å². The first-order valence-electron chi connectivity index (χ1n) is 6.79. The Kier molecular flexibility index (Phi) is 6.02. The van der Waals surface area contributed by atoms with Crippen molar-refractivity contribution in [1.29, 1.82) is 0 Å². The van der Waals surface area contributed by atoms with Crippen LogP contribution in [0.15, 0.2) is 47.1 Å². The fourth-order valence-corrected chi connectivity index (χ4v) is 2.52. The molecule has 2 rings (SSSR count). The van der Waals surface area contributed by atoms with E-state index in [1.165, 1.54) is 0 Å². The Morgan fingerprint density at radius 2 is 2.05 bits per heavy atom. The van der Waals surface area contributed by atoms with Gasteiger partial charge in [0.2, 0.25) is 0 Å². The summed E-state index contributed by atoms with van der Waals surface area (Å²) in [6, 6.07) is 12.2. The summed E-state index contributed by atoms with van der Waals surface area (Å²) in [4.78, 5) is 4.50. The van der Waals surface area contributed by atoms with E-state index in [1.807, 2.05) is 36.5 Å². The number of nitrogens with zero attached hydrogens (tertiary/aromatic N) is 1. The van der Waals surface area contributed by atoms with Gasteiger partial charge < -0.3 is 5.32 Å². The van der Waals surface area contributed by atoms with E-state index in [-0.39, 0.29) is 6.04 Å². The molecule has 0 fully saturated rings. The highest BCUT2D eigenvalue weighted by atomic mass is 79.9. The molecular formula is C16H18BrClN2.